The lowest BCUT2D eigenvalue weighted by Crippen LogP contribution is -2.18. The van der Waals surface area contributed by atoms with Crippen molar-refractivity contribution >= 4 is 18.5 Å². The first-order valence-corrected chi connectivity index (χ1v) is 7.11. The Morgan fingerprint density at radius 3 is 1.11 bits per heavy atom. The van der Waals surface area contributed by atoms with Crippen LogP contribution in [0.4, 0.5) is 14.4 Å². The first-order valence-electron chi connectivity index (χ1n) is 7.11. The molecular weight excluding hydrogens is 366 g/mol. The molecule has 0 spiro atoms. The van der Waals surface area contributed by atoms with Gasteiger partial charge in [0, 0.05) is 0 Å². The molecule has 27 heavy (non-hydrogen) atoms. The molecule has 0 N–H and O–H groups in total. The van der Waals surface area contributed by atoms with Crippen LogP contribution in [0.5, 0.6) is 18.0 Å². The van der Waals surface area contributed by atoms with Crippen LogP contribution in [-0.4, -0.2) is 53.2 Å². The fourth-order valence-corrected chi connectivity index (χ4v) is 1.15. The van der Waals surface area contributed by atoms with Crippen LogP contribution in [0.2, 0.25) is 0 Å². The Bertz CT molecular complexity index is 613. The van der Waals surface area contributed by atoms with E-state index in [0.717, 1.165) is 0 Å². The van der Waals surface area contributed by atoms with Gasteiger partial charge in [-0.3, -0.25) is 0 Å². The van der Waals surface area contributed by atoms with Gasteiger partial charge in [0.1, 0.15) is 19.8 Å². The fourth-order valence-electron chi connectivity index (χ4n) is 1.15. The monoisotopic (exact) mass is 381 g/mol. The zero-order chi connectivity index (χ0) is 20.1. The average Bonchev–Trinajstić information content (AvgIpc) is 2.62. The number of ether oxygens (including phenoxy) is 6. The molecule has 0 bridgehead atoms. The first-order chi connectivity index (χ1) is 13.0. The summed E-state index contributed by atoms with van der Waals surface area (Å²) in [4.78, 5) is 44.9. The normalized spacial score (nSPS) is 9.33. The van der Waals surface area contributed by atoms with E-state index in [4.69, 9.17) is 0 Å². The maximum atomic E-state index is 11.4. The van der Waals surface area contributed by atoms with Gasteiger partial charge >= 0.3 is 36.5 Å². The van der Waals surface area contributed by atoms with Gasteiger partial charge < -0.3 is 28.4 Å². The molecule has 0 amide bonds. The molecule has 0 aliphatic rings. The Labute approximate surface area is 153 Å². The summed E-state index contributed by atoms with van der Waals surface area (Å²) in [6.07, 6.45) is 0.305. The van der Waals surface area contributed by atoms with Crippen molar-refractivity contribution in [1.29, 1.82) is 0 Å². The molecule has 0 aliphatic heterocycles. The summed E-state index contributed by atoms with van der Waals surface area (Å²) in [6, 6.07) is -2.05. The molecule has 0 fully saturated rings. The number of nitrogens with zero attached hydrogens (tertiary/aromatic N) is 3. The minimum absolute atomic E-state index is 0.140. The second-order valence-corrected chi connectivity index (χ2v) is 4.04. The lowest BCUT2D eigenvalue weighted by atomic mass is 10.7. The number of aromatic nitrogens is 3. The van der Waals surface area contributed by atoms with Crippen LogP contribution in [-0.2, 0) is 14.2 Å². The molecular formula is C15H15N3O9. The van der Waals surface area contributed by atoms with Gasteiger partial charge in [0.15, 0.2) is 0 Å². The number of carbonyl (C=O) groups excluding carboxylic acids is 3. The standard InChI is InChI=1S/C15H15N3O9/c1-4-7-22-13(19)25-10-16-11(26-14(20)23-8-5-2)18-12(17-10)27-15(21)24-9-6-3/h4-6H,1-3,7-9H2. The molecule has 0 radical (unpaired) electrons. The zero-order valence-corrected chi connectivity index (χ0v) is 14.0. The van der Waals surface area contributed by atoms with Crippen LogP contribution in [0.3, 0.4) is 0 Å². The quantitative estimate of drug-likeness (QED) is 0.350. The van der Waals surface area contributed by atoms with Gasteiger partial charge in [0.25, 0.3) is 0 Å². The van der Waals surface area contributed by atoms with Gasteiger partial charge in [-0.15, -0.1) is 15.0 Å². The van der Waals surface area contributed by atoms with Crippen molar-refractivity contribution < 1.29 is 42.8 Å². The number of rotatable bonds is 9. The van der Waals surface area contributed by atoms with E-state index in [1.165, 1.54) is 18.2 Å². The van der Waals surface area contributed by atoms with Gasteiger partial charge in [-0.2, -0.15) is 0 Å². The number of hydrogen-bond donors (Lipinski definition) is 0. The summed E-state index contributed by atoms with van der Waals surface area (Å²) in [7, 11) is 0. The summed E-state index contributed by atoms with van der Waals surface area (Å²) in [6.45, 7) is 9.63. The van der Waals surface area contributed by atoms with Gasteiger partial charge in [0.2, 0.25) is 0 Å². The van der Waals surface area contributed by atoms with Gasteiger partial charge in [-0.05, 0) is 0 Å². The molecule has 0 saturated carbocycles. The fraction of sp³-hybridized carbons (Fsp3) is 0.200. The molecule has 1 aromatic rings. The van der Waals surface area contributed by atoms with Crippen LogP contribution in [0.1, 0.15) is 0 Å². The Kier molecular flexibility index (Phi) is 9.03. The van der Waals surface area contributed by atoms with Crippen LogP contribution < -0.4 is 14.2 Å². The second kappa shape index (κ2) is 11.6. The maximum absolute atomic E-state index is 11.4. The van der Waals surface area contributed by atoms with Crippen molar-refractivity contribution in [2.24, 2.45) is 0 Å². The van der Waals surface area contributed by atoms with Crippen molar-refractivity contribution in [2.75, 3.05) is 19.8 Å². The topological polar surface area (TPSA) is 145 Å². The summed E-state index contributed by atoms with van der Waals surface area (Å²) in [5, 5.41) is 0. The van der Waals surface area contributed by atoms with Crippen molar-refractivity contribution in [3.8, 4) is 18.0 Å². The average molecular weight is 381 g/mol. The van der Waals surface area contributed by atoms with Crippen molar-refractivity contribution in [1.82, 2.24) is 15.0 Å². The van der Waals surface area contributed by atoms with Gasteiger partial charge in [0.05, 0.1) is 0 Å². The zero-order valence-electron chi connectivity index (χ0n) is 14.0. The predicted molar refractivity (Wildman–Crippen MR) is 86.3 cm³/mol. The molecule has 0 saturated heterocycles. The molecule has 12 heteroatoms. The van der Waals surface area contributed by atoms with E-state index in [1.807, 2.05) is 0 Å². The Morgan fingerprint density at radius 2 is 0.889 bits per heavy atom. The van der Waals surface area contributed by atoms with Crippen LogP contribution in [0.15, 0.2) is 38.0 Å². The Hall–Kier alpha value is -3.96. The highest BCUT2D eigenvalue weighted by molar-refractivity contribution is 5.64. The third kappa shape index (κ3) is 8.62. The summed E-state index contributed by atoms with van der Waals surface area (Å²) in [5.41, 5.74) is 0. The second-order valence-electron chi connectivity index (χ2n) is 4.04. The molecule has 1 rings (SSSR count). The lowest BCUT2D eigenvalue weighted by molar-refractivity contribution is 0.0975. The van der Waals surface area contributed by atoms with E-state index in [2.05, 4.69) is 63.1 Å². The lowest BCUT2D eigenvalue weighted by Gasteiger charge is -2.07. The summed E-state index contributed by atoms with van der Waals surface area (Å²) < 4.78 is 27.7. The highest BCUT2D eigenvalue weighted by atomic mass is 16.8. The third-order valence-corrected chi connectivity index (χ3v) is 2.05. The van der Waals surface area contributed by atoms with Gasteiger partial charge in [-0.25, -0.2) is 14.4 Å². The molecule has 0 atom stereocenters. The summed E-state index contributed by atoms with van der Waals surface area (Å²) >= 11 is 0. The highest BCUT2D eigenvalue weighted by Crippen LogP contribution is 2.16. The Balaban J connectivity index is 2.95. The number of carbonyl (C=O) groups is 3. The Morgan fingerprint density at radius 1 is 0.630 bits per heavy atom. The molecule has 12 nitrogen and oxygen atoms in total. The first kappa shape index (κ1) is 21.1. The van der Waals surface area contributed by atoms with E-state index in [0.29, 0.717) is 0 Å². The van der Waals surface area contributed by atoms with E-state index >= 15 is 0 Å². The highest BCUT2D eigenvalue weighted by Gasteiger charge is 2.19. The number of hydrogen-bond acceptors (Lipinski definition) is 12. The third-order valence-electron chi connectivity index (χ3n) is 2.05. The minimum atomic E-state index is -1.19. The molecule has 144 valence electrons. The maximum Gasteiger partial charge on any atom is 0.516 e. The van der Waals surface area contributed by atoms with Crippen LogP contribution >= 0.6 is 0 Å². The van der Waals surface area contributed by atoms with E-state index in [-0.39, 0.29) is 19.8 Å². The van der Waals surface area contributed by atoms with Crippen LogP contribution in [0.25, 0.3) is 0 Å². The largest absolute Gasteiger partial charge is 0.516 e. The molecule has 1 heterocycles. The van der Waals surface area contributed by atoms with Crippen molar-refractivity contribution in [3.63, 3.8) is 0 Å². The summed E-state index contributed by atoms with van der Waals surface area (Å²) in [5.74, 6) is 0. The van der Waals surface area contributed by atoms with E-state index in [9.17, 15) is 14.4 Å². The minimum Gasteiger partial charge on any atom is -0.430 e. The SMILES string of the molecule is C=CCOC(=O)Oc1nc(OC(=O)OCC=C)nc(OC(=O)OCC=C)n1. The van der Waals surface area contributed by atoms with Crippen molar-refractivity contribution in [3.05, 3.63) is 38.0 Å². The molecule has 0 aliphatic carbocycles. The smallest absolute Gasteiger partial charge is 0.430 e. The predicted octanol–water partition coefficient (Wildman–Crippen LogP) is 1.98. The molecule has 0 unspecified atom stereocenters. The van der Waals surface area contributed by atoms with E-state index < -0.39 is 36.5 Å². The van der Waals surface area contributed by atoms with E-state index in [1.54, 1.807) is 0 Å². The van der Waals surface area contributed by atoms with Crippen molar-refractivity contribution in [2.45, 2.75) is 0 Å². The molecule has 0 aromatic carbocycles. The molecule has 1 aromatic heterocycles. The van der Waals surface area contributed by atoms with Crippen LogP contribution in [0, 0.1) is 0 Å². The van der Waals surface area contributed by atoms with Gasteiger partial charge in [-0.1, -0.05) is 38.0 Å².